The Labute approximate surface area is 164 Å². The average Bonchev–Trinajstić information content (AvgIpc) is 3.21. The van der Waals surface area contributed by atoms with E-state index in [9.17, 15) is 9.90 Å². The number of rotatable bonds is 9. The van der Waals surface area contributed by atoms with E-state index in [4.69, 9.17) is 9.47 Å². The second kappa shape index (κ2) is 9.76. The number of hydrogen-bond donors (Lipinski definition) is 1. The van der Waals surface area contributed by atoms with Gasteiger partial charge in [-0.1, -0.05) is 18.6 Å². The van der Waals surface area contributed by atoms with Gasteiger partial charge >= 0.3 is 5.97 Å². The number of ether oxygens (including phenoxy) is 2. The van der Waals surface area contributed by atoms with Gasteiger partial charge in [-0.25, -0.2) is 0 Å². The van der Waals surface area contributed by atoms with Crippen LogP contribution < -0.4 is 9.47 Å². The number of carboxylic acid groups (broad SMARTS) is 1. The molecule has 3 rings (SSSR count). The van der Waals surface area contributed by atoms with Crippen molar-refractivity contribution in [3.05, 3.63) is 46.2 Å². The minimum absolute atomic E-state index is 0.433. The van der Waals surface area contributed by atoms with Gasteiger partial charge in [0.2, 0.25) is 0 Å². The zero-order valence-corrected chi connectivity index (χ0v) is 16.5. The highest BCUT2D eigenvalue weighted by Gasteiger charge is 2.22. The molecule has 0 amide bonds. The number of nitrogens with zero attached hydrogens (tertiary/aromatic N) is 1. The topological polar surface area (TPSA) is 59.0 Å². The molecule has 1 aliphatic heterocycles. The van der Waals surface area contributed by atoms with E-state index in [1.807, 2.05) is 35.7 Å². The minimum Gasteiger partial charge on any atom is -0.493 e. The molecule has 1 aromatic heterocycles. The summed E-state index contributed by atoms with van der Waals surface area (Å²) in [5, 5.41) is 11.5. The molecule has 6 heteroatoms. The first-order valence-corrected chi connectivity index (χ1v) is 10.3. The van der Waals surface area contributed by atoms with Gasteiger partial charge in [-0.3, -0.25) is 9.69 Å². The summed E-state index contributed by atoms with van der Waals surface area (Å²) in [6.45, 7) is 3.79. The van der Waals surface area contributed by atoms with Crippen LogP contribution in [0.1, 0.15) is 35.6 Å². The molecule has 1 saturated heterocycles. The third-order valence-electron chi connectivity index (χ3n) is 4.97. The van der Waals surface area contributed by atoms with Crippen molar-refractivity contribution in [1.29, 1.82) is 0 Å². The average molecular weight is 390 g/mol. The number of thiophene rings is 1. The monoisotopic (exact) mass is 389 g/mol. The number of methoxy groups -OCH3 is 1. The maximum Gasteiger partial charge on any atom is 0.312 e. The third-order valence-corrected chi connectivity index (χ3v) is 5.95. The molecular weight excluding hydrogens is 362 g/mol. The van der Waals surface area contributed by atoms with E-state index in [-0.39, 0.29) is 0 Å². The molecule has 0 spiro atoms. The summed E-state index contributed by atoms with van der Waals surface area (Å²) in [4.78, 5) is 15.0. The van der Waals surface area contributed by atoms with Gasteiger partial charge in [-0.05, 0) is 61.5 Å². The molecular formula is C21H27NO4S. The standard InChI is InChI=1S/C21H27NO4S/c1-25-18-8-7-16(14-17(21(23)24)20-6-5-13-27-20)15-19(18)26-12-11-22-9-3-2-4-10-22/h5-8,13,15,17H,2-4,9-12,14H2,1H3,(H,23,24). The van der Waals surface area contributed by atoms with E-state index in [2.05, 4.69) is 4.90 Å². The molecule has 1 atom stereocenters. The molecule has 2 aromatic rings. The van der Waals surface area contributed by atoms with E-state index in [1.54, 1.807) is 7.11 Å². The van der Waals surface area contributed by atoms with Crippen molar-refractivity contribution in [3.63, 3.8) is 0 Å². The fraction of sp³-hybridized carbons (Fsp3) is 0.476. The molecule has 2 heterocycles. The second-order valence-electron chi connectivity index (χ2n) is 6.85. The Bertz CT molecular complexity index is 726. The fourth-order valence-corrected chi connectivity index (χ4v) is 4.28. The number of benzene rings is 1. The number of carbonyl (C=O) groups is 1. The Balaban J connectivity index is 1.66. The number of carboxylic acids is 1. The van der Waals surface area contributed by atoms with Crippen molar-refractivity contribution in [2.24, 2.45) is 0 Å². The summed E-state index contributed by atoms with van der Waals surface area (Å²) in [7, 11) is 1.62. The van der Waals surface area contributed by atoms with Gasteiger partial charge in [0.05, 0.1) is 13.0 Å². The molecule has 1 fully saturated rings. The molecule has 0 bridgehead atoms. The van der Waals surface area contributed by atoms with Crippen molar-refractivity contribution >= 4 is 17.3 Å². The van der Waals surface area contributed by atoms with Crippen LogP contribution in [-0.4, -0.2) is 49.3 Å². The van der Waals surface area contributed by atoms with Crippen LogP contribution >= 0.6 is 11.3 Å². The van der Waals surface area contributed by atoms with Crippen LogP contribution in [0.4, 0.5) is 0 Å². The lowest BCUT2D eigenvalue weighted by Crippen LogP contribution is -2.33. The van der Waals surface area contributed by atoms with E-state index >= 15 is 0 Å². The van der Waals surface area contributed by atoms with Crippen molar-refractivity contribution in [1.82, 2.24) is 4.90 Å². The van der Waals surface area contributed by atoms with E-state index in [0.717, 1.165) is 30.1 Å². The zero-order chi connectivity index (χ0) is 19.1. The van der Waals surface area contributed by atoms with Crippen molar-refractivity contribution < 1.29 is 19.4 Å². The molecule has 0 aliphatic carbocycles. The van der Waals surface area contributed by atoms with Gasteiger partial charge in [0.1, 0.15) is 6.61 Å². The summed E-state index contributed by atoms with van der Waals surface area (Å²) >= 11 is 1.48. The molecule has 1 unspecified atom stereocenters. The first kappa shape index (κ1) is 19.7. The fourth-order valence-electron chi connectivity index (χ4n) is 3.46. The van der Waals surface area contributed by atoms with Crippen LogP contribution in [0, 0.1) is 0 Å². The number of piperidine rings is 1. The molecule has 0 radical (unpaired) electrons. The Hall–Kier alpha value is -2.05. The van der Waals surface area contributed by atoms with Gasteiger partial charge in [-0.15, -0.1) is 11.3 Å². The van der Waals surface area contributed by atoms with Crippen LogP contribution in [0.25, 0.3) is 0 Å². The summed E-state index contributed by atoms with van der Waals surface area (Å²) in [6, 6.07) is 9.46. The quantitative estimate of drug-likeness (QED) is 0.702. The van der Waals surface area contributed by atoms with Crippen molar-refractivity contribution in [2.45, 2.75) is 31.6 Å². The van der Waals surface area contributed by atoms with E-state index < -0.39 is 11.9 Å². The Morgan fingerprint density at radius 2 is 2.04 bits per heavy atom. The van der Waals surface area contributed by atoms with Crippen molar-refractivity contribution in [3.8, 4) is 11.5 Å². The molecule has 1 aliphatic rings. The lowest BCUT2D eigenvalue weighted by molar-refractivity contribution is -0.138. The van der Waals surface area contributed by atoms with Gasteiger partial charge in [0, 0.05) is 11.4 Å². The number of likely N-dealkylation sites (tertiary alicyclic amines) is 1. The highest BCUT2D eigenvalue weighted by atomic mass is 32.1. The van der Waals surface area contributed by atoms with Gasteiger partial charge in [0.15, 0.2) is 11.5 Å². The maximum atomic E-state index is 11.7. The second-order valence-corrected chi connectivity index (χ2v) is 7.83. The highest BCUT2D eigenvalue weighted by Crippen LogP contribution is 2.31. The first-order valence-electron chi connectivity index (χ1n) is 9.45. The summed E-state index contributed by atoms with van der Waals surface area (Å²) in [5.74, 6) is 0.0168. The molecule has 27 heavy (non-hydrogen) atoms. The SMILES string of the molecule is COc1ccc(CC(C(=O)O)c2cccs2)cc1OCCN1CCCCC1. The third kappa shape index (κ3) is 5.47. The molecule has 1 aromatic carbocycles. The smallest absolute Gasteiger partial charge is 0.312 e. The summed E-state index contributed by atoms with van der Waals surface area (Å²) < 4.78 is 11.4. The largest absolute Gasteiger partial charge is 0.493 e. The number of aliphatic carboxylic acids is 1. The van der Waals surface area contributed by atoms with Crippen LogP contribution in [0.2, 0.25) is 0 Å². The Morgan fingerprint density at radius 1 is 1.22 bits per heavy atom. The van der Waals surface area contributed by atoms with Crippen LogP contribution in [0.15, 0.2) is 35.7 Å². The lowest BCUT2D eigenvalue weighted by atomic mass is 9.97. The molecule has 146 valence electrons. The predicted octanol–water partition coefficient (Wildman–Crippen LogP) is 4.03. The van der Waals surface area contributed by atoms with E-state index in [0.29, 0.717) is 24.5 Å². The van der Waals surface area contributed by atoms with Gasteiger partial charge in [0.25, 0.3) is 0 Å². The lowest BCUT2D eigenvalue weighted by Gasteiger charge is -2.26. The Morgan fingerprint density at radius 3 is 2.70 bits per heavy atom. The normalized spacial score (nSPS) is 16.0. The summed E-state index contributed by atoms with van der Waals surface area (Å²) in [6.07, 6.45) is 4.28. The number of hydrogen-bond acceptors (Lipinski definition) is 5. The van der Waals surface area contributed by atoms with Crippen molar-refractivity contribution in [2.75, 3.05) is 33.4 Å². The maximum absolute atomic E-state index is 11.7. The predicted molar refractivity (Wildman–Crippen MR) is 107 cm³/mol. The first-order chi connectivity index (χ1) is 13.2. The summed E-state index contributed by atoms with van der Waals surface area (Å²) in [5.41, 5.74) is 0.935. The minimum atomic E-state index is -0.805. The van der Waals surface area contributed by atoms with E-state index in [1.165, 1.54) is 30.6 Å². The Kier molecular flexibility index (Phi) is 7.12. The van der Waals surface area contributed by atoms with Crippen LogP contribution in [0.3, 0.4) is 0 Å². The van der Waals surface area contributed by atoms with Gasteiger partial charge < -0.3 is 14.6 Å². The highest BCUT2D eigenvalue weighted by molar-refractivity contribution is 7.10. The van der Waals surface area contributed by atoms with Gasteiger partial charge in [-0.2, -0.15) is 0 Å². The molecule has 1 N–H and O–H groups in total. The zero-order valence-electron chi connectivity index (χ0n) is 15.7. The molecule has 5 nitrogen and oxygen atoms in total. The van der Waals surface area contributed by atoms with Crippen LogP contribution in [-0.2, 0) is 11.2 Å². The molecule has 0 saturated carbocycles. The van der Waals surface area contributed by atoms with Crippen LogP contribution in [0.5, 0.6) is 11.5 Å².